The number of rotatable bonds is 5. The van der Waals surface area contributed by atoms with Gasteiger partial charge in [0.1, 0.15) is 16.0 Å². The molecule has 1 aliphatic rings. The second-order valence-corrected chi connectivity index (χ2v) is 6.42. The third kappa shape index (κ3) is 3.02. The number of ether oxygens (including phenoxy) is 2. The van der Waals surface area contributed by atoms with Crippen LogP contribution in [0.15, 0.2) is 16.6 Å². The van der Waals surface area contributed by atoms with Gasteiger partial charge in [-0.2, -0.15) is 11.8 Å². The Hall–Kier alpha value is -0.430. The topological polar surface area (TPSA) is 56.5 Å². The molecule has 1 heterocycles. The van der Waals surface area contributed by atoms with Gasteiger partial charge < -0.3 is 9.47 Å². The van der Waals surface area contributed by atoms with Crippen LogP contribution >= 0.6 is 27.7 Å². The van der Waals surface area contributed by atoms with Gasteiger partial charge in [0.2, 0.25) is 0 Å². The molecule has 0 spiro atoms. The molecule has 2 atom stereocenters. The van der Waals surface area contributed by atoms with Crippen molar-refractivity contribution in [2.45, 2.75) is 12.5 Å². The van der Waals surface area contributed by atoms with Gasteiger partial charge in [-0.1, -0.05) is 0 Å². The fourth-order valence-electron chi connectivity index (χ4n) is 2.46. The van der Waals surface area contributed by atoms with E-state index >= 15 is 0 Å². The summed E-state index contributed by atoms with van der Waals surface area (Å²) in [6.07, 6.45) is 1.17. The van der Waals surface area contributed by atoms with E-state index in [0.29, 0.717) is 5.92 Å². The number of methoxy groups -OCH3 is 2. The predicted molar refractivity (Wildman–Crippen MR) is 82.7 cm³/mol. The molecule has 0 aliphatic carbocycles. The molecule has 0 amide bonds. The van der Waals surface area contributed by atoms with Crippen molar-refractivity contribution in [3.63, 3.8) is 0 Å². The second kappa shape index (κ2) is 6.83. The number of halogens is 1. The monoisotopic (exact) mass is 346 g/mol. The highest BCUT2D eigenvalue weighted by atomic mass is 79.9. The average molecular weight is 347 g/mol. The van der Waals surface area contributed by atoms with Crippen LogP contribution in [0.3, 0.4) is 0 Å². The summed E-state index contributed by atoms with van der Waals surface area (Å²) in [6, 6.07) is 4.07. The highest BCUT2D eigenvalue weighted by Gasteiger charge is 2.29. The van der Waals surface area contributed by atoms with Gasteiger partial charge in [0, 0.05) is 5.56 Å². The van der Waals surface area contributed by atoms with Gasteiger partial charge in [-0.25, -0.2) is 0 Å². The molecule has 0 saturated carbocycles. The summed E-state index contributed by atoms with van der Waals surface area (Å²) in [6.45, 7) is 0. The molecule has 1 aliphatic heterocycles. The minimum atomic E-state index is 0.104. The number of hydrazine groups is 1. The highest BCUT2D eigenvalue weighted by molar-refractivity contribution is 9.10. The lowest BCUT2D eigenvalue weighted by Crippen LogP contribution is -2.34. The maximum Gasteiger partial charge on any atom is 0.141 e. The molecule has 6 heteroatoms. The molecule has 3 N–H and O–H groups in total. The van der Waals surface area contributed by atoms with Crippen molar-refractivity contribution in [1.82, 2.24) is 5.43 Å². The van der Waals surface area contributed by atoms with Gasteiger partial charge in [-0.15, -0.1) is 0 Å². The molecule has 2 rings (SSSR count). The van der Waals surface area contributed by atoms with Crippen LogP contribution < -0.4 is 20.7 Å². The summed E-state index contributed by atoms with van der Waals surface area (Å²) in [5.41, 5.74) is 4.02. The molecular formula is C13H19BrN2O2S. The first kappa shape index (κ1) is 15.0. The molecule has 0 bridgehead atoms. The number of hydrogen-bond acceptors (Lipinski definition) is 5. The Labute approximate surface area is 126 Å². The molecule has 1 aromatic carbocycles. The van der Waals surface area contributed by atoms with Crippen LogP contribution in [0.4, 0.5) is 0 Å². The molecule has 1 fully saturated rings. The Bertz CT molecular complexity index is 439. The molecule has 106 valence electrons. The normalized spacial score (nSPS) is 20.3. The standard InChI is InChI=1S/C13H19BrN2O2S/c1-17-10-4-3-9(13(18-2)11(10)14)12(16-15)8-5-6-19-7-8/h3-4,8,12,16H,5-7,15H2,1-2H3. The maximum atomic E-state index is 5.77. The van der Waals surface area contributed by atoms with Gasteiger partial charge in [0.25, 0.3) is 0 Å². The summed E-state index contributed by atoms with van der Waals surface area (Å²) < 4.78 is 11.7. The van der Waals surface area contributed by atoms with Gasteiger partial charge in [-0.05, 0) is 51.9 Å². The first-order chi connectivity index (χ1) is 9.22. The third-order valence-corrected chi connectivity index (χ3v) is 5.41. The van der Waals surface area contributed by atoms with Gasteiger partial charge in [0.05, 0.1) is 20.3 Å². The van der Waals surface area contributed by atoms with Crippen LogP contribution in [0.5, 0.6) is 11.5 Å². The van der Waals surface area contributed by atoms with Crippen molar-refractivity contribution in [3.8, 4) is 11.5 Å². The lowest BCUT2D eigenvalue weighted by molar-refractivity contribution is 0.356. The number of nitrogens with one attached hydrogen (secondary N) is 1. The van der Waals surface area contributed by atoms with E-state index in [0.717, 1.165) is 27.3 Å². The summed E-state index contributed by atoms with van der Waals surface area (Å²) >= 11 is 5.51. The van der Waals surface area contributed by atoms with E-state index in [9.17, 15) is 0 Å². The second-order valence-electron chi connectivity index (χ2n) is 4.47. The summed E-state index contributed by atoms with van der Waals surface area (Å²) in [7, 11) is 3.31. The van der Waals surface area contributed by atoms with Crippen molar-refractivity contribution in [2.24, 2.45) is 11.8 Å². The van der Waals surface area contributed by atoms with E-state index in [-0.39, 0.29) is 6.04 Å². The lowest BCUT2D eigenvalue weighted by Gasteiger charge is -2.25. The maximum absolute atomic E-state index is 5.77. The van der Waals surface area contributed by atoms with Gasteiger partial charge in [0.15, 0.2) is 0 Å². The van der Waals surface area contributed by atoms with Gasteiger partial charge >= 0.3 is 0 Å². The number of thioether (sulfide) groups is 1. The average Bonchev–Trinajstić information content (AvgIpc) is 2.94. The van der Waals surface area contributed by atoms with Crippen molar-refractivity contribution in [2.75, 3.05) is 25.7 Å². The van der Waals surface area contributed by atoms with E-state index < -0.39 is 0 Å². The van der Waals surface area contributed by atoms with Crippen LogP contribution in [-0.4, -0.2) is 25.7 Å². The van der Waals surface area contributed by atoms with Crippen molar-refractivity contribution in [1.29, 1.82) is 0 Å². The molecular weight excluding hydrogens is 328 g/mol. The quantitative estimate of drug-likeness (QED) is 0.634. The smallest absolute Gasteiger partial charge is 0.141 e. The molecule has 2 unspecified atom stereocenters. The Kier molecular flexibility index (Phi) is 5.38. The van der Waals surface area contributed by atoms with Crippen LogP contribution in [0.25, 0.3) is 0 Å². The largest absolute Gasteiger partial charge is 0.495 e. The van der Waals surface area contributed by atoms with Crippen LogP contribution in [0.1, 0.15) is 18.0 Å². The summed E-state index contributed by atoms with van der Waals surface area (Å²) in [5.74, 6) is 10.2. The zero-order chi connectivity index (χ0) is 13.8. The Morgan fingerprint density at radius 1 is 1.42 bits per heavy atom. The van der Waals surface area contributed by atoms with E-state index in [2.05, 4.69) is 21.4 Å². The molecule has 19 heavy (non-hydrogen) atoms. The predicted octanol–water partition coefficient (Wildman–Crippen LogP) is 2.72. The minimum absolute atomic E-state index is 0.104. The Morgan fingerprint density at radius 3 is 2.74 bits per heavy atom. The summed E-state index contributed by atoms with van der Waals surface area (Å²) in [5, 5.41) is 0. The molecule has 0 radical (unpaired) electrons. The Morgan fingerprint density at radius 2 is 2.21 bits per heavy atom. The number of hydrogen-bond donors (Lipinski definition) is 2. The van der Waals surface area contributed by atoms with Crippen LogP contribution in [0, 0.1) is 5.92 Å². The summed E-state index contributed by atoms with van der Waals surface area (Å²) in [4.78, 5) is 0. The van der Waals surface area contributed by atoms with Crippen molar-refractivity contribution in [3.05, 3.63) is 22.2 Å². The van der Waals surface area contributed by atoms with Crippen molar-refractivity contribution < 1.29 is 9.47 Å². The third-order valence-electron chi connectivity index (χ3n) is 3.47. The SMILES string of the molecule is COc1ccc(C(NN)C2CCSC2)c(OC)c1Br. The fraction of sp³-hybridized carbons (Fsp3) is 0.538. The molecule has 0 aromatic heterocycles. The first-order valence-electron chi connectivity index (χ1n) is 6.17. The Balaban J connectivity index is 2.39. The lowest BCUT2D eigenvalue weighted by atomic mass is 9.92. The molecule has 4 nitrogen and oxygen atoms in total. The molecule has 1 saturated heterocycles. The van der Waals surface area contributed by atoms with Crippen LogP contribution in [0.2, 0.25) is 0 Å². The van der Waals surface area contributed by atoms with E-state index in [4.69, 9.17) is 15.3 Å². The fourth-order valence-corrected chi connectivity index (χ4v) is 4.44. The van der Waals surface area contributed by atoms with Crippen LogP contribution in [-0.2, 0) is 0 Å². The van der Waals surface area contributed by atoms with E-state index in [1.165, 1.54) is 12.2 Å². The zero-order valence-corrected chi connectivity index (χ0v) is 13.5. The molecule has 1 aromatic rings. The van der Waals surface area contributed by atoms with E-state index in [1.54, 1.807) is 14.2 Å². The number of nitrogens with two attached hydrogens (primary N) is 1. The van der Waals surface area contributed by atoms with Gasteiger partial charge in [-0.3, -0.25) is 11.3 Å². The minimum Gasteiger partial charge on any atom is -0.495 e. The zero-order valence-electron chi connectivity index (χ0n) is 11.1. The van der Waals surface area contributed by atoms with E-state index in [1.807, 2.05) is 23.9 Å². The highest BCUT2D eigenvalue weighted by Crippen LogP contribution is 2.43. The van der Waals surface area contributed by atoms with Crippen molar-refractivity contribution >= 4 is 27.7 Å². The first-order valence-corrected chi connectivity index (χ1v) is 8.12. The number of benzene rings is 1.